The van der Waals surface area contributed by atoms with Crippen LogP contribution < -0.4 is 15.4 Å². The molecule has 0 unspecified atom stereocenters. The van der Waals surface area contributed by atoms with Crippen molar-refractivity contribution in [2.24, 2.45) is 5.73 Å². The van der Waals surface area contributed by atoms with Crippen molar-refractivity contribution in [1.82, 2.24) is 9.97 Å². The summed E-state index contributed by atoms with van der Waals surface area (Å²) >= 11 is 0. The molecule has 1 aromatic carbocycles. The summed E-state index contributed by atoms with van der Waals surface area (Å²) in [6.07, 6.45) is 3.19. The Morgan fingerprint density at radius 1 is 1.19 bits per heavy atom. The minimum absolute atomic E-state index is 0.132. The number of aromatic nitrogens is 2. The minimum Gasteiger partial charge on any atom is -0.456 e. The summed E-state index contributed by atoms with van der Waals surface area (Å²) in [5.41, 5.74) is 8.99. The van der Waals surface area contributed by atoms with Crippen LogP contribution in [0.1, 0.15) is 35.8 Å². The third-order valence-electron chi connectivity index (χ3n) is 5.35. The number of aliphatic hydroxyl groups excluding tert-OH is 1. The quantitative estimate of drug-likeness (QED) is 0.632. The normalized spacial score (nSPS) is 14.3. The van der Waals surface area contributed by atoms with Crippen LogP contribution >= 0.6 is 0 Å². The molecule has 1 atom stereocenters. The largest absolute Gasteiger partial charge is 0.456 e. The van der Waals surface area contributed by atoms with E-state index in [1.54, 1.807) is 24.4 Å². The molecule has 0 spiro atoms. The number of ether oxygens (including phenoxy) is 1. The maximum Gasteiger partial charge on any atom is 0.138 e. The molecule has 7 heteroatoms. The molecule has 2 aromatic heterocycles. The molecule has 7 nitrogen and oxygen atoms in total. The fourth-order valence-corrected chi connectivity index (χ4v) is 3.70. The summed E-state index contributed by atoms with van der Waals surface area (Å²) in [7, 11) is 0. The molecule has 1 saturated heterocycles. The van der Waals surface area contributed by atoms with Crippen molar-refractivity contribution in [3.8, 4) is 28.8 Å². The molecule has 158 valence electrons. The van der Waals surface area contributed by atoms with Crippen molar-refractivity contribution in [3.05, 3.63) is 65.5 Å². The first kappa shape index (κ1) is 20.8. The van der Waals surface area contributed by atoms with Crippen molar-refractivity contribution in [2.75, 3.05) is 24.5 Å². The van der Waals surface area contributed by atoms with Gasteiger partial charge in [0.05, 0.1) is 23.4 Å². The number of hydrogen-bond acceptors (Lipinski definition) is 7. The lowest BCUT2D eigenvalue weighted by Crippen LogP contribution is -2.19. The summed E-state index contributed by atoms with van der Waals surface area (Å²) in [6.45, 7) is 4.07. The van der Waals surface area contributed by atoms with Gasteiger partial charge in [0.1, 0.15) is 17.3 Å². The van der Waals surface area contributed by atoms with Crippen LogP contribution in [0.5, 0.6) is 11.5 Å². The topological polar surface area (TPSA) is 108 Å². The SMILES string of the molecule is Cc1cc(Oc2cc(C#N)ccc2-c2ccc([C@H](O)CN)cn2)cc(N2CCCC2)n1. The Labute approximate surface area is 181 Å². The number of nitrogens with zero attached hydrogens (tertiary/aromatic N) is 4. The predicted molar refractivity (Wildman–Crippen MR) is 119 cm³/mol. The number of aryl methyl sites for hydroxylation is 1. The zero-order valence-electron chi connectivity index (χ0n) is 17.5. The molecule has 0 saturated carbocycles. The first-order chi connectivity index (χ1) is 15.1. The van der Waals surface area contributed by atoms with Crippen LogP contribution in [0.25, 0.3) is 11.3 Å². The Kier molecular flexibility index (Phi) is 6.12. The molecule has 0 radical (unpaired) electrons. The minimum atomic E-state index is -0.748. The molecule has 1 aliphatic rings. The summed E-state index contributed by atoms with van der Waals surface area (Å²) in [4.78, 5) is 11.4. The maximum absolute atomic E-state index is 9.91. The van der Waals surface area contributed by atoms with Crippen molar-refractivity contribution < 1.29 is 9.84 Å². The average molecular weight is 415 g/mol. The monoisotopic (exact) mass is 415 g/mol. The van der Waals surface area contributed by atoms with Crippen molar-refractivity contribution in [2.45, 2.75) is 25.9 Å². The highest BCUT2D eigenvalue weighted by atomic mass is 16.5. The van der Waals surface area contributed by atoms with Crippen LogP contribution in [-0.4, -0.2) is 34.7 Å². The molecule has 0 bridgehead atoms. The van der Waals surface area contributed by atoms with E-state index in [0.717, 1.165) is 30.2 Å². The van der Waals surface area contributed by atoms with Crippen molar-refractivity contribution >= 4 is 5.82 Å². The molecule has 1 aliphatic heterocycles. The second-order valence-electron chi connectivity index (χ2n) is 7.65. The lowest BCUT2D eigenvalue weighted by molar-refractivity contribution is 0.186. The van der Waals surface area contributed by atoms with Crippen LogP contribution in [0.2, 0.25) is 0 Å². The maximum atomic E-state index is 9.91. The van der Waals surface area contributed by atoms with E-state index >= 15 is 0 Å². The Morgan fingerprint density at radius 3 is 2.68 bits per heavy atom. The van der Waals surface area contributed by atoms with Crippen LogP contribution in [0.4, 0.5) is 5.82 Å². The lowest BCUT2D eigenvalue weighted by atomic mass is 10.1. The second-order valence-corrected chi connectivity index (χ2v) is 7.65. The Morgan fingerprint density at radius 2 is 2.00 bits per heavy atom. The predicted octanol–water partition coefficient (Wildman–Crippen LogP) is 3.71. The second kappa shape index (κ2) is 9.13. The molecular formula is C24H25N5O2. The Balaban J connectivity index is 1.69. The van der Waals surface area contributed by atoms with Crippen LogP contribution in [0, 0.1) is 18.3 Å². The highest BCUT2D eigenvalue weighted by Crippen LogP contribution is 2.35. The third-order valence-corrected chi connectivity index (χ3v) is 5.35. The van der Waals surface area contributed by atoms with Gasteiger partial charge in [-0.3, -0.25) is 4.98 Å². The van der Waals surface area contributed by atoms with E-state index in [0.29, 0.717) is 28.3 Å². The first-order valence-corrected chi connectivity index (χ1v) is 10.4. The Hall–Kier alpha value is -3.47. The van der Waals surface area contributed by atoms with Gasteiger partial charge in [0.2, 0.25) is 0 Å². The van der Waals surface area contributed by atoms with Gasteiger partial charge in [0.15, 0.2) is 0 Å². The zero-order valence-corrected chi connectivity index (χ0v) is 17.5. The average Bonchev–Trinajstić information content (AvgIpc) is 3.33. The molecular weight excluding hydrogens is 390 g/mol. The third kappa shape index (κ3) is 4.66. The number of hydrogen-bond donors (Lipinski definition) is 2. The highest BCUT2D eigenvalue weighted by molar-refractivity contribution is 5.69. The molecule has 0 aliphatic carbocycles. The molecule has 1 fully saturated rings. The fraction of sp³-hybridized carbons (Fsp3) is 0.292. The van der Waals surface area contributed by atoms with Gasteiger partial charge in [-0.15, -0.1) is 0 Å². The van der Waals surface area contributed by atoms with Gasteiger partial charge in [0.25, 0.3) is 0 Å². The van der Waals surface area contributed by atoms with E-state index in [4.69, 9.17) is 10.5 Å². The van der Waals surface area contributed by atoms with E-state index in [1.165, 1.54) is 12.8 Å². The van der Waals surface area contributed by atoms with Gasteiger partial charge in [-0.05, 0) is 44.0 Å². The summed E-state index contributed by atoms with van der Waals surface area (Å²) in [5.74, 6) is 2.11. The van der Waals surface area contributed by atoms with Crippen LogP contribution in [0.15, 0.2) is 48.7 Å². The van der Waals surface area contributed by atoms with Gasteiger partial charge < -0.3 is 20.5 Å². The molecule has 31 heavy (non-hydrogen) atoms. The number of benzene rings is 1. The molecule has 3 heterocycles. The number of rotatable bonds is 6. The van der Waals surface area contributed by atoms with Gasteiger partial charge in [-0.25, -0.2) is 4.98 Å². The molecule has 4 rings (SSSR count). The van der Waals surface area contributed by atoms with Crippen molar-refractivity contribution in [1.29, 1.82) is 5.26 Å². The zero-order chi connectivity index (χ0) is 21.8. The fourth-order valence-electron chi connectivity index (χ4n) is 3.70. The standard InChI is InChI=1S/C24H25N5O2/c1-16-10-19(12-24(28-16)29-8-2-3-9-29)31-23-11-17(13-25)4-6-20(23)21-7-5-18(15-27-21)22(30)14-26/h4-7,10-12,15,22,30H,2-3,8-9,14,26H2,1H3/t22-/m1/s1. The number of pyridine rings is 2. The smallest absolute Gasteiger partial charge is 0.138 e. The number of nitrogens with two attached hydrogens (primary N) is 1. The lowest BCUT2D eigenvalue weighted by Gasteiger charge is -2.18. The van der Waals surface area contributed by atoms with E-state index < -0.39 is 6.10 Å². The van der Waals surface area contributed by atoms with Crippen molar-refractivity contribution in [3.63, 3.8) is 0 Å². The van der Waals surface area contributed by atoms with E-state index in [1.807, 2.05) is 31.2 Å². The van der Waals surface area contributed by atoms with E-state index in [-0.39, 0.29) is 6.54 Å². The van der Waals surface area contributed by atoms with Gasteiger partial charge in [-0.1, -0.05) is 6.07 Å². The van der Waals surface area contributed by atoms with E-state index in [2.05, 4.69) is 20.9 Å². The van der Waals surface area contributed by atoms with Crippen LogP contribution in [0.3, 0.4) is 0 Å². The first-order valence-electron chi connectivity index (χ1n) is 10.4. The number of anilines is 1. The molecule has 3 N–H and O–H groups in total. The van der Waals surface area contributed by atoms with Gasteiger partial charge in [0, 0.05) is 54.8 Å². The number of aliphatic hydroxyl groups is 1. The summed E-state index contributed by atoms with van der Waals surface area (Å²) < 4.78 is 6.26. The summed E-state index contributed by atoms with van der Waals surface area (Å²) in [6, 6.07) is 14.9. The van der Waals surface area contributed by atoms with Gasteiger partial charge >= 0.3 is 0 Å². The molecule has 0 amide bonds. The van der Waals surface area contributed by atoms with Crippen LogP contribution in [-0.2, 0) is 0 Å². The molecule has 3 aromatic rings. The summed E-state index contributed by atoms with van der Waals surface area (Å²) in [5, 5.41) is 19.3. The highest BCUT2D eigenvalue weighted by Gasteiger charge is 2.17. The van der Waals surface area contributed by atoms with Gasteiger partial charge in [-0.2, -0.15) is 5.26 Å². The number of nitriles is 1. The van der Waals surface area contributed by atoms with E-state index in [9.17, 15) is 10.4 Å². The Bertz CT molecular complexity index is 1100.